The third kappa shape index (κ3) is 2.31. The predicted molar refractivity (Wildman–Crippen MR) is 63.4 cm³/mol. The molecule has 84 valence electrons. The van der Waals surface area contributed by atoms with Crippen LogP contribution in [0.25, 0.3) is 11.0 Å². The van der Waals surface area contributed by atoms with Crippen molar-refractivity contribution >= 4 is 22.8 Å². The van der Waals surface area contributed by atoms with E-state index in [0.29, 0.717) is 0 Å². The number of carbonyl (C=O) groups excluding carboxylic acids is 1. The molecule has 0 aliphatic heterocycles. The number of imidazole rings is 1. The first-order valence-corrected chi connectivity index (χ1v) is 5.16. The Hall–Kier alpha value is -2.04. The Bertz CT molecular complexity index is 503. The van der Waals surface area contributed by atoms with Gasteiger partial charge in [0, 0.05) is 11.7 Å². The van der Waals surface area contributed by atoms with E-state index in [-0.39, 0.29) is 12.1 Å². The molecule has 0 saturated carbocycles. The van der Waals surface area contributed by atoms with Crippen molar-refractivity contribution in [2.75, 3.05) is 5.32 Å². The maximum Gasteiger partial charge on any atom is 0.319 e. The van der Waals surface area contributed by atoms with Crippen molar-refractivity contribution in [3.8, 4) is 0 Å². The van der Waals surface area contributed by atoms with E-state index in [1.165, 1.54) is 0 Å². The summed E-state index contributed by atoms with van der Waals surface area (Å²) in [5.41, 5.74) is 2.53. The van der Waals surface area contributed by atoms with Crippen molar-refractivity contribution in [2.24, 2.45) is 0 Å². The van der Waals surface area contributed by atoms with Gasteiger partial charge < -0.3 is 15.6 Å². The molecule has 5 heteroatoms. The number of anilines is 1. The summed E-state index contributed by atoms with van der Waals surface area (Å²) in [7, 11) is 0. The van der Waals surface area contributed by atoms with E-state index in [0.717, 1.165) is 16.7 Å². The zero-order valence-electron chi connectivity index (χ0n) is 9.24. The van der Waals surface area contributed by atoms with Gasteiger partial charge in [0.25, 0.3) is 0 Å². The summed E-state index contributed by atoms with van der Waals surface area (Å²) >= 11 is 0. The summed E-state index contributed by atoms with van der Waals surface area (Å²) in [5.74, 6) is 0. The van der Waals surface area contributed by atoms with Crippen molar-refractivity contribution in [2.45, 2.75) is 19.9 Å². The minimum Gasteiger partial charge on any atom is -0.345 e. The molecular formula is C11H14N4O. The average molecular weight is 218 g/mol. The number of amides is 2. The number of rotatable bonds is 2. The number of nitrogens with zero attached hydrogens (tertiary/aromatic N) is 1. The van der Waals surface area contributed by atoms with Crippen molar-refractivity contribution in [3.63, 3.8) is 0 Å². The van der Waals surface area contributed by atoms with Gasteiger partial charge in [0.05, 0.1) is 17.4 Å². The molecule has 0 aliphatic rings. The Balaban J connectivity index is 2.11. The first-order chi connectivity index (χ1) is 7.65. The van der Waals surface area contributed by atoms with E-state index in [1.807, 2.05) is 32.0 Å². The monoisotopic (exact) mass is 218 g/mol. The van der Waals surface area contributed by atoms with Crippen LogP contribution in [0.2, 0.25) is 0 Å². The van der Waals surface area contributed by atoms with Crippen LogP contribution in [0.1, 0.15) is 13.8 Å². The summed E-state index contributed by atoms with van der Waals surface area (Å²) in [6, 6.07) is 5.45. The first kappa shape index (κ1) is 10.5. The van der Waals surface area contributed by atoms with Crippen molar-refractivity contribution in [1.82, 2.24) is 15.3 Å². The van der Waals surface area contributed by atoms with Gasteiger partial charge in [0.2, 0.25) is 0 Å². The van der Waals surface area contributed by atoms with Gasteiger partial charge in [-0.05, 0) is 32.0 Å². The predicted octanol–water partition coefficient (Wildman–Crippen LogP) is 2.09. The number of fused-ring (bicyclic) bond motifs is 1. The van der Waals surface area contributed by atoms with Gasteiger partial charge in [-0.1, -0.05) is 0 Å². The van der Waals surface area contributed by atoms with Crippen LogP contribution in [0.15, 0.2) is 24.5 Å². The maximum absolute atomic E-state index is 11.4. The second-order valence-corrected chi connectivity index (χ2v) is 3.89. The highest BCUT2D eigenvalue weighted by Crippen LogP contribution is 2.15. The van der Waals surface area contributed by atoms with Gasteiger partial charge in [0.1, 0.15) is 0 Å². The van der Waals surface area contributed by atoms with Crippen LogP contribution in [0.4, 0.5) is 10.5 Å². The van der Waals surface area contributed by atoms with E-state index in [4.69, 9.17) is 0 Å². The Morgan fingerprint density at radius 2 is 2.25 bits per heavy atom. The molecule has 0 fully saturated rings. The van der Waals surface area contributed by atoms with Gasteiger partial charge in [-0.2, -0.15) is 0 Å². The van der Waals surface area contributed by atoms with Crippen molar-refractivity contribution < 1.29 is 4.79 Å². The van der Waals surface area contributed by atoms with E-state index < -0.39 is 0 Å². The molecule has 3 N–H and O–H groups in total. The number of urea groups is 1. The number of aromatic nitrogens is 2. The Kier molecular flexibility index (Phi) is 2.76. The molecule has 0 aliphatic carbocycles. The van der Waals surface area contributed by atoms with Crippen LogP contribution in [-0.4, -0.2) is 22.0 Å². The van der Waals surface area contributed by atoms with Gasteiger partial charge in [-0.3, -0.25) is 0 Å². The largest absolute Gasteiger partial charge is 0.345 e. The summed E-state index contributed by atoms with van der Waals surface area (Å²) in [5, 5.41) is 5.51. The average Bonchev–Trinajstić information content (AvgIpc) is 2.63. The number of hydrogen-bond donors (Lipinski definition) is 3. The van der Waals surface area contributed by atoms with Crippen molar-refractivity contribution in [1.29, 1.82) is 0 Å². The maximum atomic E-state index is 11.4. The lowest BCUT2D eigenvalue weighted by molar-refractivity contribution is 0.250. The zero-order chi connectivity index (χ0) is 11.5. The normalized spacial score (nSPS) is 10.7. The van der Waals surface area contributed by atoms with Crippen LogP contribution < -0.4 is 10.6 Å². The Morgan fingerprint density at radius 3 is 3.00 bits per heavy atom. The fourth-order valence-electron chi connectivity index (χ4n) is 1.44. The molecule has 1 aromatic carbocycles. The molecule has 0 atom stereocenters. The molecule has 1 aromatic heterocycles. The molecule has 0 saturated heterocycles. The second-order valence-electron chi connectivity index (χ2n) is 3.89. The minimum absolute atomic E-state index is 0.121. The van der Waals surface area contributed by atoms with Gasteiger partial charge in [0.15, 0.2) is 0 Å². The molecular weight excluding hydrogens is 204 g/mol. The Labute approximate surface area is 93.3 Å². The number of carbonyl (C=O) groups is 1. The SMILES string of the molecule is CC(C)NC(=O)Nc1ccc2nc[nH]c2c1. The summed E-state index contributed by atoms with van der Waals surface area (Å²) in [6.07, 6.45) is 1.63. The highest BCUT2D eigenvalue weighted by Gasteiger charge is 2.04. The van der Waals surface area contributed by atoms with E-state index in [2.05, 4.69) is 20.6 Å². The third-order valence-corrected chi connectivity index (χ3v) is 2.10. The number of nitrogens with one attached hydrogen (secondary N) is 3. The number of aromatic amines is 1. The number of benzene rings is 1. The highest BCUT2D eigenvalue weighted by atomic mass is 16.2. The van der Waals surface area contributed by atoms with Crippen LogP contribution in [0.3, 0.4) is 0 Å². The van der Waals surface area contributed by atoms with Gasteiger partial charge >= 0.3 is 6.03 Å². The molecule has 0 radical (unpaired) electrons. The highest BCUT2D eigenvalue weighted by molar-refractivity contribution is 5.91. The molecule has 16 heavy (non-hydrogen) atoms. The van der Waals surface area contributed by atoms with E-state index in [9.17, 15) is 4.79 Å². The number of hydrogen-bond acceptors (Lipinski definition) is 2. The van der Waals surface area contributed by atoms with Crippen LogP contribution in [0, 0.1) is 0 Å². The Morgan fingerprint density at radius 1 is 1.44 bits per heavy atom. The summed E-state index contributed by atoms with van der Waals surface area (Å²) in [4.78, 5) is 18.5. The molecule has 2 aromatic rings. The van der Waals surface area contributed by atoms with Crippen LogP contribution >= 0.6 is 0 Å². The lowest BCUT2D eigenvalue weighted by atomic mass is 10.3. The third-order valence-electron chi connectivity index (χ3n) is 2.10. The quantitative estimate of drug-likeness (QED) is 0.722. The van der Waals surface area contributed by atoms with Gasteiger partial charge in [-0.25, -0.2) is 9.78 Å². The molecule has 5 nitrogen and oxygen atoms in total. The van der Waals surface area contributed by atoms with Crippen molar-refractivity contribution in [3.05, 3.63) is 24.5 Å². The number of H-pyrrole nitrogens is 1. The molecule has 2 amide bonds. The molecule has 1 heterocycles. The topological polar surface area (TPSA) is 69.8 Å². The van der Waals surface area contributed by atoms with Crippen LogP contribution in [-0.2, 0) is 0 Å². The smallest absolute Gasteiger partial charge is 0.319 e. The fraction of sp³-hybridized carbons (Fsp3) is 0.273. The summed E-state index contributed by atoms with van der Waals surface area (Å²) in [6.45, 7) is 3.83. The lowest BCUT2D eigenvalue weighted by Gasteiger charge is -2.09. The molecule has 0 spiro atoms. The van der Waals surface area contributed by atoms with Crippen LogP contribution in [0.5, 0.6) is 0 Å². The van der Waals surface area contributed by atoms with Gasteiger partial charge in [-0.15, -0.1) is 0 Å². The standard InChI is InChI=1S/C11H14N4O/c1-7(2)14-11(16)15-8-3-4-9-10(5-8)13-6-12-9/h3-7H,1-2H3,(H,12,13)(H2,14,15,16). The molecule has 2 rings (SSSR count). The zero-order valence-corrected chi connectivity index (χ0v) is 9.24. The fourth-order valence-corrected chi connectivity index (χ4v) is 1.44. The molecule has 0 unspecified atom stereocenters. The minimum atomic E-state index is -0.200. The van der Waals surface area contributed by atoms with E-state index >= 15 is 0 Å². The lowest BCUT2D eigenvalue weighted by Crippen LogP contribution is -2.34. The second kappa shape index (κ2) is 4.22. The molecule has 0 bridgehead atoms. The first-order valence-electron chi connectivity index (χ1n) is 5.16. The van der Waals surface area contributed by atoms with E-state index in [1.54, 1.807) is 6.33 Å². The summed E-state index contributed by atoms with van der Waals surface area (Å²) < 4.78 is 0.